The van der Waals surface area contributed by atoms with Crippen molar-refractivity contribution in [1.82, 2.24) is 15.1 Å². The summed E-state index contributed by atoms with van der Waals surface area (Å²) in [6.45, 7) is 10.9. The predicted molar refractivity (Wildman–Crippen MR) is 73.0 cm³/mol. The number of hydrogen-bond donors (Lipinski definition) is 1. The smallest absolute Gasteiger partial charge is 0.0762 e. The minimum absolute atomic E-state index is 0.454. The van der Waals surface area contributed by atoms with Crippen LogP contribution in [-0.2, 0) is 6.54 Å². The maximum atomic E-state index is 4.51. The van der Waals surface area contributed by atoms with Crippen LogP contribution in [0, 0.1) is 5.92 Å². The summed E-state index contributed by atoms with van der Waals surface area (Å²) in [5.74, 6) is 0.830. The summed E-state index contributed by atoms with van der Waals surface area (Å²) in [5, 5.41) is 7.96. The highest BCUT2D eigenvalue weighted by Crippen LogP contribution is 2.06. The first kappa shape index (κ1) is 14.2. The van der Waals surface area contributed by atoms with Crippen molar-refractivity contribution in [2.75, 3.05) is 6.54 Å². The van der Waals surface area contributed by atoms with Crippen molar-refractivity contribution < 1.29 is 0 Å². The Kier molecular flexibility index (Phi) is 6.27. The molecule has 1 N–H and O–H groups in total. The first-order chi connectivity index (χ1) is 8.09. The molecule has 0 saturated carbocycles. The first-order valence-corrected chi connectivity index (χ1v) is 6.84. The van der Waals surface area contributed by atoms with Gasteiger partial charge in [0, 0.05) is 18.8 Å². The van der Waals surface area contributed by atoms with E-state index in [2.05, 4.69) is 50.4 Å². The van der Waals surface area contributed by atoms with Gasteiger partial charge in [-0.15, -0.1) is 0 Å². The van der Waals surface area contributed by atoms with Crippen LogP contribution in [0.1, 0.15) is 58.7 Å². The number of unbranched alkanes of at least 4 members (excludes halogenated alkanes) is 1. The maximum Gasteiger partial charge on any atom is 0.0762 e. The van der Waals surface area contributed by atoms with Gasteiger partial charge in [-0.2, -0.15) is 5.10 Å². The van der Waals surface area contributed by atoms with Crippen LogP contribution < -0.4 is 5.32 Å². The topological polar surface area (TPSA) is 29.9 Å². The molecule has 1 heterocycles. The molecule has 0 spiro atoms. The highest BCUT2D eigenvalue weighted by atomic mass is 15.3. The molecule has 3 nitrogen and oxygen atoms in total. The van der Waals surface area contributed by atoms with Gasteiger partial charge >= 0.3 is 0 Å². The molecule has 0 amide bonds. The Morgan fingerprint density at radius 1 is 1.24 bits per heavy atom. The number of aromatic nitrogens is 2. The lowest BCUT2D eigenvalue weighted by molar-refractivity contribution is 0.508. The van der Waals surface area contributed by atoms with E-state index in [9.17, 15) is 0 Å². The molecule has 1 aromatic heterocycles. The lowest BCUT2D eigenvalue weighted by Gasteiger charge is -2.06. The third-order valence-electron chi connectivity index (χ3n) is 2.88. The number of nitrogens with zero attached hydrogens (tertiary/aromatic N) is 2. The van der Waals surface area contributed by atoms with Crippen LogP contribution in [-0.4, -0.2) is 16.3 Å². The Morgan fingerprint density at radius 2 is 2.00 bits per heavy atom. The van der Waals surface area contributed by atoms with Gasteiger partial charge in [-0.05, 0) is 38.8 Å². The average molecular weight is 237 g/mol. The van der Waals surface area contributed by atoms with Gasteiger partial charge < -0.3 is 5.32 Å². The van der Waals surface area contributed by atoms with Crippen molar-refractivity contribution in [1.29, 1.82) is 0 Å². The summed E-state index contributed by atoms with van der Waals surface area (Å²) in [6, 6.07) is 2.55. The molecule has 0 radical (unpaired) electrons. The van der Waals surface area contributed by atoms with Crippen molar-refractivity contribution in [3.05, 3.63) is 18.0 Å². The van der Waals surface area contributed by atoms with E-state index in [-0.39, 0.29) is 0 Å². The van der Waals surface area contributed by atoms with E-state index in [0.717, 1.165) is 24.7 Å². The molecule has 0 unspecified atom stereocenters. The highest BCUT2D eigenvalue weighted by molar-refractivity contribution is 4.98. The van der Waals surface area contributed by atoms with Gasteiger partial charge in [-0.1, -0.05) is 26.7 Å². The second-order valence-corrected chi connectivity index (χ2v) is 5.45. The van der Waals surface area contributed by atoms with Crippen molar-refractivity contribution in [3.63, 3.8) is 0 Å². The Hall–Kier alpha value is -0.830. The molecule has 0 bridgehead atoms. The van der Waals surface area contributed by atoms with E-state index in [1.54, 1.807) is 0 Å². The zero-order valence-electron chi connectivity index (χ0n) is 11.7. The fourth-order valence-corrected chi connectivity index (χ4v) is 1.78. The van der Waals surface area contributed by atoms with Crippen LogP contribution in [0.5, 0.6) is 0 Å². The molecule has 0 aliphatic carbocycles. The first-order valence-electron chi connectivity index (χ1n) is 6.84. The zero-order valence-corrected chi connectivity index (χ0v) is 11.7. The van der Waals surface area contributed by atoms with E-state index in [0.29, 0.717) is 6.04 Å². The Labute approximate surface area is 106 Å². The Bertz CT molecular complexity index is 302. The van der Waals surface area contributed by atoms with Crippen molar-refractivity contribution in [2.45, 2.75) is 59.5 Å². The molecule has 1 aromatic rings. The van der Waals surface area contributed by atoms with Gasteiger partial charge in [0.1, 0.15) is 0 Å². The second kappa shape index (κ2) is 7.49. The monoisotopic (exact) mass is 237 g/mol. The van der Waals surface area contributed by atoms with Crippen LogP contribution in [0.2, 0.25) is 0 Å². The number of nitrogens with one attached hydrogen (secondary N) is 1. The summed E-state index contributed by atoms with van der Waals surface area (Å²) in [6.07, 6.45) is 5.98. The van der Waals surface area contributed by atoms with Crippen LogP contribution >= 0.6 is 0 Å². The van der Waals surface area contributed by atoms with Crippen LogP contribution in [0.15, 0.2) is 12.3 Å². The quantitative estimate of drug-likeness (QED) is 0.702. The summed E-state index contributed by atoms with van der Waals surface area (Å²) in [5.41, 5.74) is 1.14. The minimum Gasteiger partial charge on any atom is -0.311 e. The molecule has 0 aromatic carbocycles. The van der Waals surface area contributed by atoms with Gasteiger partial charge in [0.2, 0.25) is 0 Å². The molecule has 3 heteroatoms. The summed E-state index contributed by atoms with van der Waals surface area (Å²) < 4.78 is 2.01. The van der Waals surface area contributed by atoms with E-state index in [4.69, 9.17) is 0 Å². The van der Waals surface area contributed by atoms with Gasteiger partial charge in [0.25, 0.3) is 0 Å². The third-order valence-corrected chi connectivity index (χ3v) is 2.88. The average Bonchev–Trinajstić information content (AvgIpc) is 2.71. The molecule has 17 heavy (non-hydrogen) atoms. The SMILES string of the molecule is CC(C)CCCCNCc1ccn(C(C)C)n1. The molecule has 98 valence electrons. The third kappa shape index (κ3) is 5.87. The lowest BCUT2D eigenvalue weighted by Crippen LogP contribution is -2.15. The largest absolute Gasteiger partial charge is 0.311 e. The predicted octanol–water partition coefficient (Wildman–Crippen LogP) is 3.38. The van der Waals surface area contributed by atoms with E-state index < -0.39 is 0 Å². The van der Waals surface area contributed by atoms with Gasteiger partial charge in [0.05, 0.1) is 5.69 Å². The normalized spacial score (nSPS) is 11.6. The molecule has 0 aliphatic heterocycles. The Balaban J connectivity index is 2.09. The molecule has 0 atom stereocenters. The zero-order chi connectivity index (χ0) is 12.7. The fourth-order valence-electron chi connectivity index (χ4n) is 1.78. The van der Waals surface area contributed by atoms with E-state index in [1.807, 2.05) is 4.68 Å². The molecule has 0 aliphatic rings. The van der Waals surface area contributed by atoms with E-state index in [1.165, 1.54) is 19.3 Å². The van der Waals surface area contributed by atoms with Crippen LogP contribution in [0.25, 0.3) is 0 Å². The molecular weight excluding hydrogens is 210 g/mol. The maximum absolute atomic E-state index is 4.51. The van der Waals surface area contributed by atoms with Crippen molar-refractivity contribution in [3.8, 4) is 0 Å². The van der Waals surface area contributed by atoms with Crippen LogP contribution in [0.3, 0.4) is 0 Å². The number of rotatable bonds is 8. The summed E-state index contributed by atoms with van der Waals surface area (Å²) >= 11 is 0. The van der Waals surface area contributed by atoms with Crippen molar-refractivity contribution in [2.24, 2.45) is 5.92 Å². The van der Waals surface area contributed by atoms with Gasteiger partial charge in [-0.3, -0.25) is 4.68 Å². The Morgan fingerprint density at radius 3 is 2.59 bits per heavy atom. The molecular formula is C14H27N3. The highest BCUT2D eigenvalue weighted by Gasteiger charge is 2.01. The fraction of sp³-hybridized carbons (Fsp3) is 0.786. The standard InChI is InChI=1S/C14H27N3/c1-12(2)7-5-6-9-15-11-14-8-10-17(16-14)13(3)4/h8,10,12-13,15H,5-7,9,11H2,1-4H3. The molecule has 0 saturated heterocycles. The van der Waals surface area contributed by atoms with E-state index >= 15 is 0 Å². The summed E-state index contributed by atoms with van der Waals surface area (Å²) in [7, 11) is 0. The van der Waals surface area contributed by atoms with Crippen LogP contribution in [0.4, 0.5) is 0 Å². The lowest BCUT2D eigenvalue weighted by atomic mass is 10.1. The van der Waals surface area contributed by atoms with Crippen molar-refractivity contribution >= 4 is 0 Å². The van der Waals surface area contributed by atoms with Gasteiger partial charge in [-0.25, -0.2) is 0 Å². The summed E-state index contributed by atoms with van der Waals surface area (Å²) in [4.78, 5) is 0. The number of hydrogen-bond acceptors (Lipinski definition) is 2. The minimum atomic E-state index is 0.454. The second-order valence-electron chi connectivity index (χ2n) is 5.45. The van der Waals surface area contributed by atoms with Gasteiger partial charge in [0.15, 0.2) is 0 Å². The molecule has 0 fully saturated rings. The molecule has 1 rings (SSSR count).